The second-order valence-electron chi connectivity index (χ2n) is 4.12. The summed E-state index contributed by atoms with van der Waals surface area (Å²) in [5.41, 5.74) is 4.54. The summed E-state index contributed by atoms with van der Waals surface area (Å²) in [4.78, 5) is 0. The number of hydrogen-bond acceptors (Lipinski definition) is 1. The Bertz CT molecular complexity index is 304. The third kappa shape index (κ3) is 3.27. The molecule has 0 bridgehead atoms. The van der Waals surface area contributed by atoms with Crippen LogP contribution in [0.25, 0.3) is 0 Å². The van der Waals surface area contributed by atoms with Crippen molar-refractivity contribution in [2.75, 3.05) is 6.26 Å². The zero-order chi connectivity index (χ0) is 11.3. The second kappa shape index (κ2) is 6.22. The van der Waals surface area contributed by atoms with Gasteiger partial charge in [0.05, 0.1) is 0 Å². The molecular formula is C14H22S. The molecule has 0 radical (unpaired) electrons. The van der Waals surface area contributed by atoms with Gasteiger partial charge in [0.1, 0.15) is 0 Å². The van der Waals surface area contributed by atoms with Crippen molar-refractivity contribution in [3.8, 4) is 0 Å². The maximum atomic E-state index is 2.40. The van der Waals surface area contributed by atoms with Crippen molar-refractivity contribution in [3.05, 3.63) is 34.9 Å². The molecule has 1 atom stereocenters. The molecule has 0 aromatic heterocycles. The first-order valence-corrected chi connectivity index (χ1v) is 7.22. The SMILES string of the molecule is CCc1cc(C(C)CC)ccc1CSC. The molecular weight excluding hydrogens is 200 g/mol. The fourth-order valence-electron chi connectivity index (χ4n) is 1.81. The fourth-order valence-corrected chi connectivity index (χ4v) is 2.41. The van der Waals surface area contributed by atoms with E-state index >= 15 is 0 Å². The zero-order valence-electron chi connectivity index (χ0n) is 10.3. The molecule has 84 valence electrons. The van der Waals surface area contributed by atoms with Gasteiger partial charge in [0.25, 0.3) is 0 Å². The Morgan fingerprint density at radius 3 is 2.47 bits per heavy atom. The normalized spacial score (nSPS) is 12.8. The average Bonchev–Trinajstić information content (AvgIpc) is 2.29. The van der Waals surface area contributed by atoms with Crippen molar-refractivity contribution >= 4 is 11.8 Å². The van der Waals surface area contributed by atoms with E-state index in [9.17, 15) is 0 Å². The van der Waals surface area contributed by atoms with Crippen LogP contribution in [0.15, 0.2) is 18.2 Å². The molecule has 0 heterocycles. The Labute approximate surface area is 98.5 Å². The lowest BCUT2D eigenvalue weighted by molar-refractivity contribution is 0.731. The van der Waals surface area contributed by atoms with Gasteiger partial charge in [-0.25, -0.2) is 0 Å². The van der Waals surface area contributed by atoms with E-state index in [1.165, 1.54) is 23.1 Å². The molecule has 0 aliphatic rings. The van der Waals surface area contributed by atoms with E-state index in [2.05, 4.69) is 45.2 Å². The average molecular weight is 222 g/mol. The van der Waals surface area contributed by atoms with Gasteiger partial charge in [0.2, 0.25) is 0 Å². The van der Waals surface area contributed by atoms with E-state index in [0.29, 0.717) is 5.92 Å². The first-order valence-electron chi connectivity index (χ1n) is 5.83. The molecule has 0 N–H and O–H groups in total. The van der Waals surface area contributed by atoms with Crippen molar-refractivity contribution in [2.45, 2.75) is 45.3 Å². The molecule has 0 fully saturated rings. The van der Waals surface area contributed by atoms with Gasteiger partial charge in [-0.05, 0) is 41.7 Å². The lowest BCUT2D eigenvalue weighted by Crippen LogP contribution is -1.97. The van der Waals surface area contributed by atoms with E-state index in [1.54, 1.807) is 0 Å². The summed E-state index contributed by atoms with van der Waals surface area (Å²) >= 11 is 1.90. The van der Waals surface area contributed by atoms with Crippen LogP contribution in [0.3, 0.4) is 0 Å². The summed E-state index contributed by atoms with van der Waals surface area (Å²) in [5.74, 6) is 1.84. The largest absolute Gasteiger partial charge is 0.161 e. The molecule has 0 spiro atoms. The van der Waals surface area contributed by atoms with Crippen LogP contribution in [0.2, 0.25) is 0 Å². The highest BCUT2D eigenvalue weighted by Crippen LogP contribution is 2.24. The molecule has 0 nitrogen and oxygen atoms in total. The smallest absolute Gasteiger partial charge is 0.0184 e. The third-order valence-electron chi connectivity index (χ3n) is 3.09. The van der Waals surface area contributed by atoms with Gasteiger partial charge >= 0.3 is 0 Å². The first kappa shape index (κ1) is 12.6. The van der Waals surface area contributed by atoms with Crippen molar-refractivity contribution in [1.29, 1.82) is 0 Å². The molecule has 1 aromatic rings. The van der Waals surface area contributed by atoms with Crippen molar-refractivity contribution in [1.82, 2.24) is 0 Å². The van der Waals surface area contributed by atoms with Crippen LogP contribution in [0.4, 0.5) is 0 Å². The predicted molar refractivity (Wildman–Crippen MR) is 71.7 cm³/mol. The van der Waals surface area contributed by atoms with Crippen LogP contribution in [0.5, 0.6) is 0 Å². The summed E-state index contributed by atoms with van der Waals surface area (Å²) < 4.78 is 0. The van der Waals surface area contributed by atoms with Gasteiger partial charge in [-0.1, -0.05) is 39.0 Å². The number of rotatable bonds is 5. The maximum absolute atomic E-state index is 2.40. The van der Waals surface area contributed by atoms with Gasteiger partial charge in [0, 0.05) is 5.75 Å². The Kier molecular flexibility index (Phi) is 5.24. The van der Waals surface area contributed by atoms with Crippen LogP contribution in [-0.2, 0) is 12.2 Å². The van der Waals surface area contributed by atoms with Crippen LogP contribution in [0, 0.1) is 0 Å². The van der Waals surface area contributed by atoms with Crippen LogP contribution >= 0.6 is 11.8 Å². The predicted octanol–water partition coefficient (Wildman–Crippen LogP) is 4.63. The molecule has 0 saturated heterocycles. The molecule has 1 heteroatoms. The van der Waals surface area contributed by atoms with E-state index in [0.717, 1.165) is 12.2 Å². The minimum atomic E-state index is 0.693. The quantitative estimate of drug-likeness (QED) is 0.700. The van der Waals surface area contributed by atoms with E-state index in [4.69, 9.17) is 0 Å². The molecule has 15 heavy (non-hydrogen) atoms. The molecule has 0 aliphatic heterocycles. The standard InChI is InChI=1S/C14H22S/c1-5-11(3)13-7-8-14(10-15-4)12(6-2)9-13/h7-9,11H,5-6,10H2,1-4H3. The number of hydrogen-bond donors (Lipinski definition) is 0. The highest BCUT2D eigenvalue weighted by Gasteiger charge is 2.06. The van der Waals surface area contributed by atoms with Crippen molar-refractivity contribution in [2.24, 2.45) is 0 Å². The van der Waals surface area contributed by atoms with E-state index < -0.39 is 0 Å². The van der Waals surface area contributed by atoms with Gasteiger partial charge in [-0.2, -0.15) is 11.8 Å². The van der Waals surface area contributed by atoms with Crippen molar-refractivity contribution < 1.29 is 0 Å². The molecule has 1 unspecified atom stereocenters. The molecule has 0 saturated carbocycles. The maximum Gasteiger partial charge on any atom is 0.0184 e. The topological polar surface area (TPSA) is 0 Å². The Balaban J connectivity index is 2.96. The van der Waals surface area contributed by atoms with Crippen molar-refractivity contribution in [3.63, 3.8) is 0 Å². The van der Waals surface area contributed by atoms with Crippen LogP contribution < -0.4 is 0 Å². The van der Waals surface area contributed by atoms with Crippen LogP contribution in [-0.4, -0.2) is 6.26 Å². The third-order valence-corrected chi connectivity index (χ3v) is 3.69. The Morgan fingerprint density at radius 1 is 1.20 bits per heavy atom. The van der Waals surface area contributed by atoms with Gasteiger partial charge in [0.15, 0.2) is 0 Å². The van der Waals surface area contributed by atoms with Gasteiger partial charge < -0.3 is 0 Å². The Morgan fingerprint density at radius 2 is 1.93 bits per heavy atom. The minimum absolute atomic E-state index is 0.693. The number of aryl methyl sites for hydroxylation is 1. The highest BCUT2D eigenvalue weighted by molar-refractivity contribution is 7.97. The molecule has 1 aromatic carbocycles. The van der Waals surface area contributed by atoms with Gasteiger partial charge in [-0.3, -0.25) is 0 Å². The number of thioether (sulfide) groups is 1. The molecule has 0 amide bonds. The number of benzene rings is 1. The monoisotopic (exact) mass is 222 g/mol. The van der Waals surface area contributed by atoms with Gasteiger partial charge in [-0.15, -0.1) is 0 Å². The Hall–Kier alpha value is -0.430. The van der Waals surface area contributed by atoms with E-state index in [1.807, 2.05) is 11.8 Å². The first-order chi connectivity index (χ1) is 7.22. The zero-order valence-corrected chi connectivity index (χ0v) is 11.2. The molecule has 1 rings (SSSR count). The van der Waals surface area contributed by atoms with Crippen LogP contribution in [0.1, 0.15) is 49.8 Å². The fraction of sp³-hybridized carbons (Fsp3) is 0.571. The molecule has 0 aliphatic carbocycles. The summed E-state index contributed by atoms with van der Waals surface area (Å²) in [6, 6.07) is 7.02. The summed E-state index contributed by atoms with van der Waals surface area (Å²) in [7, 11) is 0. The highest BCUT2D eigenvalue weighted by atomic mass is 32.2. The lowest BCUT2D eigenvalue weighted by Gasteiger charge is -2.13. The lowest BCUT2D eigenvalue weighted by atomic mass is 9.94. The minimum Gasteiger partial charge on any atom is -0.161 e. The summed E-state index contributed by atoms with van der Waals surface area (Å²) in [6.07, 6.45) is 4.55. The second-order valence-corrected chi connectivity index (χ2v) is 4.99. The summed E-state index contributed by atoms with van der Waals surface area (Å²) in [5, 5.41) is 0. The van der Waals surface area contributed by atoms with E-state index in [-0.39, 0.29) is 0 Å². The summed E-state index contributed by atoms with van der Waals surface area (Å²) in [6.45, 7) is 6.81.